The number of aromatic nitrogens is 3. The van der Waals surface area contributed by atoms with Gasteiger partial charge in [0.25, 0.3) is 5.91 Å². The van der Waals surface area contributed by atoms with Crippen molar-refractivity contribution in [3.63, 3.8) is 0 Å². The van der Waals surface area contributed by atoms with Crippen molar-refractivity contribution in [3.8, 4) is 5.75 Å². The fourth-order valence-electron chi connectivity index (χ4n) is 3.12. The van der Waals surface area contributed by atoms with Gasteiger partial charge in [-0.1, -0.05) is 13.0 Å². The van der Waals surface area contributed by atoms with Crippen LogP contribution in [0.3, 0.4) is 0 Å². The van der Waals surface area contributed by atoms with Crippen LogP contribution in [0.2, 0.25) is 0 Å². The molecular weight excluding hydrogens is 318 g/mol. The number of hydrogen-bond acceptors (Lipinski definition) is 5. The molecule has 7 heteroatoms. The van der Waals surface area contributed by atoms with E-state index in [1.54, 1.807) is 11.0 Å². The molecule has 1 aliphatic heterocycles. The molecule has 0 aliphatic carbocycles. The number of fused-ring (bicyclic) bond motifs is 2. The van der Waals surface area contributed by atoms with Crippen molar-refractivity contribution < 1.29 is 9.53 Å². The molecule has 4 rings (SSSR count). The third-order valence-electron chi connectivity index (χ3n) is 4.42. The van der Waals surface area contributed by atoms with E-state index in [0.29, 0.717) is 36.7 Å². The van der Waals surface area contributed by atoms with Crippen LogP contribution in [0, 0.1) is 0 Å². The molecule has 0 spiro atoms. The molecule has 0 atom stereocenters. The summed E-state index contributed by atoms with van der Waals surface area (Å²) in [5, 5.41) is 8.38. The lowest BCUT2D eigenvalue weighted by molar-refractivity contribution is 0.0977. The van der Waals surface area contributed by atoms with Crippen molar-refractivity contribution in [3.05, 3.63) is 53.5 Å². The van der Waals surface area contributed by atoms with Crippen molar-refractivity contribution in [1.82, 2.24) is 14.6 Å². The molecule has 3 aromatic rings. The largest absolute Gasteiger partial charge is 0.490 e. The molecule has 2 aromatic heterocycles. The zero-order valence-corrected chi connectivity index (χ0v) is 14.0. The molecule has 1 aliphatic rings. The molecular formula is C18H19N5O2. The minimum atomic E-state index is -0.106. The summed E-state index contributed by atoms with van der Waals surface area (Å²) in [6, 6.07) is 9.33. The molecule has 0 radical (unpaired) electrons. The van der Waals surface area contributed by atoms with Gasteiger partial charge in [0, 0.05) is 19.2 Å². The Bertz CT molecular complexity index is 950. The zero-order chi connectivity index (χ0) is 17.4. The lowest BCUT2D eigenvalue weighted by atomic mass is 10.1. The first-order valence-electron chi connectivity index (χ1n) is 8.33. The second-order valence-corrected chi connectivity index (χ2v) is 5.90. The lowest BCUT2D eigenvalue weighted by Crippen LogP contribution is -2.38. The van der Waals surface area contributed by atoms with Gasteiger partial charge in [-0.25, -0.2) is 0 Å². The van der Waals surface area contributed by atoms with Crippen molar-refractivity contribution in [1.29, 1.82) is 0 Å². The number of nitrogens with two attached hydrogens (primary N) is 1. The fourth-order valence-corrected chi connectivity index (χ4v) is 3.12. The van der Waals surface area contributed by atoms with Crippen LogP contribution in [0.4, 0.5) is 5.69 Å². The van der Waals surface area contributed by atoms with Gasteiger partial charge in [0.15, 0.2) is 5.65 Å². The van der Waals surface area contributed by atoms with Crippen LogP contribution in [-0.2, 0) is 13.0 Å². The minimum absolute atomic E-state index is 0.106. The number of anilines is 1. The number of aryl methyl sites for hydroxylation is 1. The van der Waals surface area contributed by atoms with Crippen LogP contribution in [0.15, 0.2) is 36.5 Å². The van der Waals surface area contributed by atoms with Crippen molar-refractivity contribution in [2.24, 2.45) is 5.73 Å². The Labute approximate surface area is 145 Å². The Balaban J connectivity index is 1.77. The first kappa shape index (κ1) is 15.6. The number of carbonyl (C=O) groups excluding carboxylic acids is 1. The average Bonchev–Trinajstić information content (AvgIpc) is 3.09. The number of rotatable bonds is 3. The Morgan fingerprint density at radius 3 is 3.00 bits per heavy atom. The number of pyridine rings is 1. The van der Waals surface area contributed by atoms with Crippen molar-refractivity contribution >= 4 is 17.2 Å². The van der Waals surface area contributed by atoms with Gasteiger partial charge in [-0.15, -0.1) is 10.2 Å². The molecule has 0 saturated carbocycles. The highest BCUT2D eigenvalue weighted by Gasteiger charge is 2.27. The number of nitrogens with zero attached hydrogens (tertiary/aromatic N) is 4. The monoisotopic (exact) mass is 337 g/mol. The molecule has 0 saturated heterocycles. The van der Waals surface area contributed by atoms with Gasteiger partial charge in [0.2, 0.25) is 0 Å². The second kappa shape index (κ2) is 6.18. The van der Waals surface area contributed by atoms with Gasteiger partial charge in [0.05, 0.1) is 17.8 Å². The second-order valence-electron chi connectivity index (χ2n) is 5.90. The third kappa shape index (κ3) is 2.53. The summed E-state index contributed by atoms with van der Waals surface area (Å²) in [6.45, 7) is 3.38. The van der Waals surface area contributed by atoms with Gasteiger partial charge in [-0.3, -0.25) is 9.20 Å². The maximum atomic E-state index is 13.2. The van der Waals surface area contributed by atoms with Crippen molar-refractivity contribution in [2.75, 3.05) is 18.1 Å². The van der Waals surface area contributed by atoms with E-state index in [1.807, 2.05) is 41.8 Å². The summed E-state index contributed by atoms with van der Waals surface area (Å²) in [4.78, 5) is 14.9. The van der Waals surface area contributed by atoms with Crippen LogP contribution in [-0.4, -0.2) is 33.7 Å². The van der Waals surface area contributed by atoms with E-state index >= 15 is 0 Å². The smallest absolute Gasteiger partial charge is 0.262 e. The maximum Gasteiger partial charge on any atom is 0.262 e. The van der Waals surface area contributed by atoms with Gasteiger partial charge in [-0.05, 0) is 29.8 Å². The van der Waals surface area contributed by atoms with E-state index in [0.717, 1.165) is 23.5 Å². The van der Waals surface area contributed by atoms with E-state index in [9.17, 15) is 4.79 Å². The van der Waals surface area contributed by atoms with E-state index in [4.69, 9.17) is 10.5 Å². The standard InChI is InChI=1S/C18H19N5O2/c1-2-16-20-21-17-13(4-3-7-23(16)17)18(24)22-8-9-25-15-10-12(11-19)5-6-14(15)22/h3-7,10H,2,8-9,11,19H2,1H3. The fraction of sp³-hybridized carbons (Fsp3) is 0.278. The zero-order valence-electron chi connectivity index (χ0n) is 14.0. The third-order valence-corrected chi connectivity index (χ3v) is 4.42. The topological polar surface area (TPSA) is 85.8 Å². The Morgan fingerprint density at radius 1 is 1.32 bits per heavy atom. The highest BCUT2D eigenvalue weighted by molar-refractivity contribution is 6.10. The Kier molecular flexibility index (Phi) is 3.85. The molecule has 0 fully saturated rings. The highest BCUT2D eigenvalue weighted by atomic mass is 16.5. The summed E-state index contributed by atoms with van der Waals surface area (Å²) >= 11 is 0. The Morgan fingerprint density at radius 2 is 2.20 bits per heavy atom. The highest BCUT2D eigenvalue weighted by Crippen LogP contribution is 2.33. The first-order chi connectivity index (χ1) is 12.2. The molecule has 7 nitrogen and oxygen atoms in total. The number of benzene rings is 1. The summed E-state index contributed by atoms with van der Waals surface area (Å²) in [6.07, 6.45) is 2.63. The van der Waals surface area contributed by atoms with Gasteiger partial charge in [0.1, 0.15) is 18.2 Å². The minimum Gasteiger partial charge on any atom is -0.490 e. The molecule has 128 valence electrons. The van der Waals surface area contributed by atoms with Gasteiger partial charge in [-0.2, -0.15) is 0 Å². The van der Waals surface area contributed by atoms with Crippen LogP contribution < -0.4 is 15.4 Å². The maximum absolute atomic E-state index is 13.2. The SMILES string of the molecule is CCc1nnc2c(C(=O)N3CCOc4cc(CN)ccc43)cccn12. The molecule has 1 amide bonds. The quantitative estimate of drug-likeness (QED) is 0.787. The number of hydrogen-bond donors (Lipinski definition) is 1. The van der Waals surface area contributed by atoms with Gasteiger partial charge < -0.3 is 15.4 Å². The van der Waals surface area contributed by atoms with Crippen molar-refractivity contribution in [2.45, 2.75) is 19.9 Å². The summed E-state index contributed by atoms with van der Waals surface area (Å²) in [5.41, 5.74) is 8.53. The van der Waals surface area contributed by atoms with Gasteiger partial charge >= 0.3 is 0 Å². The molecule has 2 N–H and O–H groups in total. The van der Waals surface area contributed by atoms with E-state index in [2.05, 4.69) is 10.2 Å². The lowest BCUT2D eigenvalue weighted by Gasteiger charge is -2.30. The molecule has 0 bridgehead atoms. The average molecular weight is 337 g/mol. The van der Waals surface area contributed by atoms with Crippen LogP contribution in [0.1, 0.15) is 28.7 Å². The van der Waals surface area contributed by atoms with Crippen LogP contribution in [0.25, 0.3) is 5.65 Å². The van der Waals surface area contributed by atoms with Crippen LogP contribution in [0.5, 0.6) is 5.75 Å². The van der Waals surface area contributed by atoms with E-state index in [-0.39, 0.29) is 5.91 Å². The Hall–Kier alpha value is -2.93. The predicted octanol–water partition coefficient (Wildman–Crippen LogP) is 1.79. The summed E-state index contributed by atoms with van der Waals surface area (Å²) < 4.78 is 7.58. The van der Waals surface area contributed by atoms with E-state index < -0.39 is 0 Å². The number of ether oxygens (including phenoxy) is 1. The normalized spacial score (nSPS) is 13.6. The summed E-state index contributed by atoms with van der Waals surface area (Å²) in [5.74, 6) is 1.41. The number of carbonyl (C=O) groups is 1. The van der Waals surface area contributed by atoms with Crippen LogP contribution >= 0.6 is 0 Å². The number of amides is 1. The molecule has 25 heavy (non-hydrogen) atoms. The first-order valence-corrected chi connectivity index (χ1v) is 8.33. The molecule has 3 heterocycles. The predicted molar refractivity (Wildman–Crippen MR) is 93.9 cm³/mol. The summed E-state index contributed by atoms with van der Waals surface area (Å²) in [7, 11) is 0. The van der Waals surface area contributed by atoms with E-state index in [1.165, 1.54) is 0 Å². The molecule has 0 unspecified atom stereocenters. The molecule has 1 aromatic carbocycles.